The van der Waals surface area contributed by atoms with Crippen molar-refractivity contribution < 1.29 is 27.5 Å². The summed E-state index contributed by atoms with van der Waals surface area (Å²) in [6.45, 7) is 2.71. The van der Waals surface area contributed by atoms with Gasteiger partial charge in [-0.15, -0.1) is 0 Å². The number of amides is 2. The van der Waals surface area contributed by atoms with Gasteiger partial charge in [0.2, 0.25) is 5.91 Å². The summed E-state index contributed by atoms with van der Waals surface area (Å²) in [5, 5.41) is 0. The minimum atomic E-state index is -4.44. The maximum absolute atomic E-state index is 13.1. The molecule has 0 bridgehead atoms. The van der Waals surface area contributed by atoms with Crippen LogP contribution >= 0.6 is 0 Å². The minimum Gasteiger partial charge on any atom is -0.496 e. The molecule has 1 saturated heterocycles. The van der Waals surface area contributed by atoms with E-state index in [1.165, 1.54) is 12.1 Å². The molecule has 2 amide bonds. The summed E-state index contributed by atoms with van der Waals surface area (Å²) < 4.78 is 43.6. The molecule has 2 aromatic carbocycles. The summed E-state index contributed by atoms with van der Waals surface area (Å²) in [5.74, 6) is 0.191. The fourth-order valence-electron chi connectivity index (χ4n) is 4.01. The molecule has 2 aromatic rings. The second kappa shape index (κ2) is 9.63. The fraction of sp³-hybridized carbons (Fsp3) is 0.417. The molecule has 0 N–H and O–H groups in total. The molecule has 1 aliphatic rings. The third-order valence-corrected chi connectivity index (χ3v) is 6.11. The summed E-state index contributed by atoms with van der Waals surface area (Å²) in [7, 11) is 3.36. The molecule has 0 aromatic heterocycles. The van der Waals surface area contributed by atoms with Gasteiger partial charge in [0.25, 0.3) is 5.91 Å². The zero-order valence-corrected chi connectivity index (χ0v) is 18.4. The van der Waals surface area contributed by atoms with Gasteiger partial charge in [-0.2, -0.15) is 13.2 Å². The average molecular weight is 448 g/mol. The highest BCUT2D eigenvalue weighted by Gasteiger charge is 2.33. The van der Waals surface area contributed by atoms with Crippen molar-refractivity contribution in [3.8, 4) is 5.75 Å². The van der Waals surface area contributed by atoms with Crippen LogP contribution in [0, 0.1) is 5.92 Å². The molecule has 1 aliphatic heterocycles. The van der Waals surface area contributed by atoms with Gasteiger partial charge in [0.05, 0.1) is 18.7 Å². The van der Waals surface area contributed by atoms with E-state index in [9.17, 15) is 22.8 Å². The van der Waals surface area contributed by atoms with Crippen LogP contribution in [0.3, 0.4) is 0 Å². The van der Waals surface area contributed by atoms with Crippen molar-refractivity contribution in [1.29, 1.82) is 0 Å². The van der Waals surface area contributed by atoms with Crippen LogP contribution in [0.25, 0.3) is 0 Å². The molecule has 1 unspecified atom stereocenters. The van der Waals surface area contributed by atoms with Crippen molar-refractivity contribution in [3.05, 3.63) is 65.2 Å². The van der Waals surface area contributed by atoms with Crippen molar-refractivity contribution in [2.45, 2.75) is 32.0 Å². The molecular formula is C24H27F3N2O3. The number of halogens is 3. The number of carbonyl (C=O) groups is 2. The minimum absolute atomic E-state index is 0.00466. The molecule has 32 heavy (non-hydrogen) atoms. The Balaban J connectivity index is 1.60. The lowest BCUT2D eigenvalue weighted by molar-refractivity contribution is -0.138. The molecule has 0 aliphatic carbocycles. The molecular weight excluding hydrogens is 421 g/mol. The predicted molar refractivity (Wildman–Crippen MR) is 114 cm³/mol. The Hall–Kier alpha value is -3.03. The molecule has 0 radical (unpaired) electrons. The SMILES string of the molecule is COc1ccccc1C(C)N(C)C(=O)C1CCN(C(=O)c2ccc(C(F)(F)F)cc2)CC1. The maximum Gasteiger partial charge on any atom is 0.416 e. The quantitative estimate of drug-likeness (QED) is 0.661. The van der Waals surface area contributed by atoms with Crippen molar-refractivity contribution in [3.63, 3.8) is 0 Å². The zero-order chi connectivity index (χ0) is 23.5. The van der Waals surface area contributed by atoms with Gasteiger partial charge in [0.15, 0.2) is 0 Å². The Labute approximate surface area is 185 Å². The Morgan fingerprint density at radius 3 is 2.22 bits per heavy atom. The van der Waals surface area contributed by atoms with Crippen LogP contribution in [0.1, 0.15) is 47.3 Å². The number of para-hydroxylation sites is 1. The lowest BCUT2D eigenvalue weighted by Gasteiger charge is -2.35. The highest BCUT2D eigenvalue weighted by Crippen LogP contribution is 2.31. The van der Waals surface area contributed by atoms with Crippen LogP contribution in [0.5, 0.6) is 5.75 Å². The number of piperidine rings is 1. The number of alkyl halides is 3. The second-order valence-corrected chi connectivity index (χ2v) is 8.01. The predicted octanol–water partition coefficient (Wildman–Crippen LogP) is 4.79. The van der Waals surface area contributed by atoms with E-state index < -0.39 is 11.7 Å². The van der Waals surface area contributed by atoms with E-state index in [4.69, 9.17) is 4.74 Å². The molecule has 0 saturated carbocycles. The Morgan fingerprint density at radius 2 is 1.66 bits per heavy atom. The van der Waals surface area contributed by atoms with Crippen LogP contribution in [0.15, 0.2) is 48.5 Å². The summed E-state index contributed by atoms with van der Waals surface area (Å²) in [5.41, 5.74) is 0.344. The van der Waals surface area contributed by atoms with Gasteiger partial charge in [-0.1, -0.05) is 18.2 Å². The average Bonchev–Trinajstić information content (AvgIpc) is 2.81. The Morgan fingerprint density at radius 1 is 1.06 bits per heavy atom. The van der Waals surface area contributed by atoms with Crippen molar-refractivity contribution in [2.75, 3.05) is 27.2 Å². The monoisotopic (exact) mass is 448 g/mol. The normalized spacial score (nSPS) is 15.9. The first-order valence-corrected chi connectivity index (χ1v) is 10.5. The zero-order valence-electron chi connectivity index (χ0n) is 18.4. The van der Waals surface area contributed by atoms with Crippen molar-refractivity contribution in [1.82, 2.24) is 9.80 Å². The largest absolute Gasteiger partial charge is 0.496 e. The third kappa shape index (κ3) is 5.06. The Bertz CT molecular complexity index is 952. The highest BCUT2D eigenvalue weighted by atomic mass is 19.4. The Kier molecular flexibility index (Phi) is 7.11. The van der Waals surface area contributed by atoms with Gasteiger partial charge in [-0.25, -0.2) is 0 Å². The fourth-order valence-corrected chi connectivity index (χ4v) is 4.01. The molecule has 1 fully saturated rings. The highest BCUT2D eigenvalue weighted by molar-refractivity contribution is 5.94. The first-order valence-electron chi connectivity index (χ1n) is 10.5. The maximum atomic E-state index is 13.1. The lowest BCUT2D eigenvalue weighted by Crippen LogP contribution is -2.44. The lowest BCUT2D eigenvalue weighted by atomic mass is 9.93. The topological polar surface area (TPSA) is 49.9 Å². The molecule has 8 heteroatoms. The molecule has 1 atom stereocenters. The van der Waals surface area contributed by atoms with Crippen molar-refractivity contribution >= 4 is 11.8 Å². The number of carbonyl (C=O) groups excluding carboxylic acids is 2. The molecule has 172 valence electrons. The van der Waals surface area contributed by atoms with Crippen LogP contribution in [0.2, 0.25) is 0 Å². The van der Waals surface area contributed by atoms with Gasteiger partial charge in [0, 0.05) is 37.2 Å². The van der Waals surface area contributed by atoms with Gasteiger partial charge >= 0.3 is 6.18 Å². The number of hydrogen-bond donors (Lipinski definition) is 0. The number of likely N-dealkylation sites (tertiary alicyclic amines) is 1. The van der Waals surface area contributed by atoms with E-state index in [-0.39, 0.29) is 29.3 Å². The smallest absolute Gasteiger partial charge is 0.416 e. The van der Waals surface area contributed by atoms with Gasteiger partial charge in [-0.3, -0.25) is 9.59 Å². The molecule has 1 heterocycles. The van der Waals surface area contributed by atoms with E-state index in [1.807, 2.05) is 31.2 Å². The number of ether oxygens (including phenoxy) is 1. The first kappa shape index (κ1) is 23.6. The van der Waals surface area contributed by atoms with E-state index in [1.54, 1.807) is 24.0 Å². The van der Waals surface area contributed by atoms with E-state index in [0.717, 1.165) is 23.4 Å². The number of benzene rings is 2. The van der Waals surface area contributed by atoms with E-state index in [0.29, 0.717) is 25.9 Å². The van der Waals surface area contributed by atoms with Crippen molar-refractivity contribution in [2.24, 2.45) is 5.92 Å². The number of nitrogens with zero attached hydrogens (tertiary/aromatic N) is 2. The number of hydrogen-bond acceptors (Lipinski definition) is 3. The van der Waals surface area contributed by atoms with E-state index in [2.05, 4.69) is 0 Å². The van der Waals surface area contributed by atoms with Gasteiger partial charge in [-0.05, 0) is 50.1 Å². The van der Waals surface area contributed by atoms with Crippen LogP contribution in [-0.2, 0) is 11.0 Å². The molecule has 0 spiro atoms. The summed E-state index contributed by atoms with van der Waals surface area (Å²) >= 11 is 0. The standard InChI is InChI=1S/C24H27F3N2O3/c1-16(20-6-4-5-7-21(20)32-3)28(2)22(30)18-12-14-29(15-13-18)23(31)17-8-10-19(11-9-17)24(25,26)27/h4-11,16,18H,12-15H2,1-3H3. The summed E-state index contributed by atoms with van der Waals surface area (Å²) in [6.07, 6.45) is -3.42. The van der Waals surface area contributed by atoms with Crippen LogP contribution in [0.4, 0.5) is 13.2 Å². The van der Waals surface area contributed by atoms with Gasteiger partial charge in [0.1, 0.15) is 5.75 Å². The number of rotatable bonds is 5. The molecule has 5 nitrogen and oxygen atoms in total. The first-order chi connectivity index (χ1) is 15.1. The van der Waals surface area contributed by atoms with Crippen LogP contribution < -0.4 is 4.74 Å². The summed E-state index contributed by atoms with van der Waals surface area (Å²) in [4.78, 5) is 29.0. The third-order valence-electron chi connectivity index (χ3n) is 6.11. The summed E-state index contributed by atoms with van der Waals surface area (Å²) in [6, 6.07) is 11.6. The van der Waals surface area contributed by atoms with Gasteiger partial charge < -0.3 is 14.5 Å². The number of methoxy groups -OCH3 is 1. The molecule has 3 rings (SSSR count). The van der Waals surface area contributed by atoms with E-state index >= 15 is 0 Å². The second-order valence-electron chi connectivity index (χ2n) is 8.01. The van der Waals surface area contributed by atoms with Crippen LogP contribution in [-0.4, -0.2) is 48.9 Å².